The number of carboxylic acid groups (broad SMARTS) is 1. The lowest BCUT2D eigenvalue weighted by atomic mass is 9.87. The van der Waals surface area contributed by atoms with Gasteiger partial charge < -0.3 is 116 Å². The van der Waals surface area contributed by atoms with Gasteiger partial charge in [-0.15, -0.1) is 0 Å². The number of para-hydroxylation sites is 1. The number of primary amides is 3. The third kappa shape index (κ3) is 30.3. The first-order valence-electron chi connectivity index (χ1n) is 43.9. The van der Waals surface area contributed by atoms with Gasteiger partial charge in [-0.1, -0.05) is 131 Å². The maximum atomic E-state index is 16.3. The van der Waals surface area contributed by atoms with Crippen LogP contribution in [0.5, 0.6) is 5.75 Å². The number of amides is 16. The van der Waals surface area contributed by atoms with E-state index in [-0.39, 0.29) is 58.6 Å². The number of nitrogens with zero attached hydrogens (tertiary/aromatic N) is 2. The molecule has 2 aliphatic rings. The van der Waals surface area contributed by atoms with Crippen molar-refractivity contribution < 1.29 is 106 Å². The van der Waals surface area contributed by atoms with Gasteiger partial charge in [0.25, 0.3) is 0 Å². The largest absolute Gasteiger partial charge is 0.492 e. The summed E-state index contributed by atoms with van der Waals surface area (Å²) in [7, 11) is 3.01. The second-order valence-electron chi connectivity index (χ2n) is 34.5. The Morgan fingerprint density at radius 2 is 1.21 bits per heavy atom. The number of hydrogen-bond donors (Lipinski definition) is 19. The van der Waals surface area contributed by atoms with E-state index in [1.165, 1.54) is 54.1 Å². The molecule has 23 N–H and O–H groups in total. The number of aliphatic hydroxyl groups is 1. The first kappa shape index (κ1) is 106. The van der Waals surface area contributed by atoms with Crippen LogP contribution in [0.1, 0.15) is 122 Å². The number of aromatic amines is 1. The van der Waals surface area contributed by atoms with Crippen LogP contribution in [-0.4, -0.2) is 259 Å². The molecule has 2 aliphatic heterocycles. The minimum absolute atomic E-state index is 0.0879. The van der Waals surface area contributed by atoms with Crippen molar-refractivity contribution in [1.82, 2.24) is 78.7 Å². The molecule has 136 heavy (non-hydrogen) atoms. The molecule has 16 amide bonds. The van der Waals surface area contributed by atoms with Crippen molar-refractivity contribution in [3.8, 4) is 16.9 Å². The first-order valence-corrected chi connectivity index (χ1v) is 46.1. The highest BCUT2D eigenvalue weighted by molar-refractivity contribution is 8.77. The van der Waals surface area contributed by atoms with Gasteiger partial charge in [-0.3, -0.25) is 91.3 Å². The topological polar surface area (TPSA) is 647 Å². The zero-order chi connectivity index (χ0) is 99.5. The van der Waals surface area contributed by atoms with Crippen LogP contribution >= 0.6 is 21.6 Å². The Morgan fingerprint density at radius 3 is 1.85 bits per heavy atom. The van der Waals surface area contributed by atoms with Gasteiger partial charge in [-0.25, -0.2) is 0 Å². The van der Waals surface area contributed by atoms with Crippen LogP contribution in [0, 0.1) is 0 Å². The molecular formula is C93H117N19O22S2. The van der Waals surface area contributed by atoms with Gasteiger partial charge in [0.1, 0.15) is 90.1 Å². The summed E-state index contributed by atoms with van der Waals surface area (Å²) in [5, 5.41) is 54.7. The zero-order valence-corrected chi connectivity index (χ0v) is 78.0. The van der Waals surface area contributed by atoms with Crippen LogP contribution in [0.15, 0.2) is 146 Å². The van der Waals surface area contributed by atoms with Crippen molar-refractivity contribution in [1.29, 1.82) is 0 Å². The van der Waals surface area contributed by atoms with Gasteiger partial charge >= 0.3 is 5.97 Å². The number of likely N-dealkylation sites (N-methyl/N-ethyl adjacent to an activating group) is 1. The van der Waals surface area contributed by atoms with E-state index in [1.807, 2.05) is 42.5 Å². The van der Waals surface area contributed by atoms with Crippen molar-refractivity contribution in [2.45, 2.75) is 213 Å². The lowest BCUT2D eigenvalue weighted by Crippen LogP contribution is -2.67. The van der Waals surface area contributed by atoms with Gasteiger partial charge in [0.15, 0.2) is 0 Å². The predicted octanol–water partition coefficient (Wildman–Crippen LogP) is -0.729. The number of benzene rings is 5. The lowest BCUT2D eigenvalue weighted by Gasteiger charge is -2.39. The van der Waals surface area contributed by atoms with Crippen molar-refractivity contribution in [2.75, 3.05) is 40.0 Å². The number of pyridine rings is 1. The summed E-state index contributed by atoms with van der Waals surface area (Å²) in [6.07, 6.45) is -4.01. The minimum atomic E-state index is -2.11. The number of nitrogens with one attached hydrogen (secondary N) is 13. The summed E-state index contributed by atoms with van der Waals surface area (Å²) in [6.45, 7) is 8.73. The normalized spacial score (nSPS) is 19.4. The molecule has 0 radical (unpaired) electrons. The molecule has 0 bridgehead atoms. The number of aliphatic carboxylic acids is 1. The van der Waals surface area contributed by atoms with Gasteiger partial charge in [0, 0.05) is 124 Å². The summed E-state index contributed by atoms with van der Waals surface area (Å²) in [4.78, 5) is 267. The van der Waals surface area contributed by atoms with Gasteiger partial charge in [0.2, 0.25) is 94.5 Å². The number of rotatable bonds is 39. The fraction of sp³-hybridized carbons (Fsp3) is 0.430. The van der Waals surface area contributed by atoms with Crippen molar-refractivity contribution in [3.05, 3.63) is 168 Å². The molecule has 5 aromatic carbocycles. The maximum Gasteiger partial charge on any atom is 0.303 e. The van der Waals surface area contributed by atoms with Crippen molar-refractivity contribution in [3.63, 3.8) is 0 Å². The number of carbonyl (C=O) groups excluding carboxylic acids is 17. The molecule has 0 unspecified atom stereocenters. The number of hydrogen-bond acceptors (Lipinski definition) is 25. The van der Waals surface area contributed by atoms with Crippen LogP contribution < -0.4 is 91.5 Å². The summed E-state index contributed by atoms with van der Waals surface area (Å²) < 4.78 is 8.17. The number of aromatic nitrogens is 2. The van der Waals surface area contributed by atoms with E-state index in [1.54, 1.807) is 91.1 Å². The number of aliphatic hydroxyl groups excluding tert-OH is 1. The fourth-order valence-corrected chi connectivity index (χ4v) is 18.3. The van der Waals surface area contributed by atoms with E-state index in [0.29, 0.717) is 44.3 Å². The van der Waals surface area contributed by atoms with Crippen molar-refractivity contribution >= 4 is 150 Å². The second kappa shape index (κ2) is 48.8. The Kier molecular flexibility index (Phi) is 38.0. The first-order chi connectivity index (χ1) is 64.4. The van der Waals surface area contributed by atoms with Crippen LogP contribution in [0.3, 0.4) is 0 Å². The highest BCUT2D eigenvalue weighted by Gasteiger charge is 2.49. The average Bonchev–Trinajstić information content (AvgIpc) is 1.75. The Hall–Kier alpha value is -13.9. The molecule has 2 aromatic heterocycles. The number of fused-ring (bicyclic) bond motifs is 2. The average molecular weight is 1920 g/mol. The predicted molar refractivity (Wildman–Crippen MR) is 502 cm³/mol. The summed E-state index contributed by atoms with van der Waals surface area (Å²) >= 11 is 0. The van der Waals surface area contributed by atoms with E-state index >= 15 is 28.8 Å². The lowest BCUT2D eigenvalue weighted by molar-refractivity contribution is -0.142. The summed E-state index contributed by atoms with van der Waals surface area (Å²) in [6, 6.07) is 16.2. The zero-order valence-electron chi connectivity index (χ0n) is 76.4. The van der Waals surface area contributed by atoms with E-state index < -0.39 is 245 Å². The highest BCUT2D eigenvalue weighted by atomic mass is 33.1. The Balaban J connectivity index is 1.12. The minimum Gasteiger partial charge on any atom is -0.492 e. The quantitative estimate of drug-likeness (QED) is 0.0211. The van der Waals surface area contributed by atoms with Gasteiger partial charge in [-0.05, 0) is 111 Å². The molecular weight excluding hydrogens is 1800 g/mol. The molecule has 9 rings (SSSR count). The third-order valence-corrected chi connectivity index (χ3v) is 27.0. The number of Topliss-reactive ketones (excluding diaryl/α,β-unsaturated/α-hetero) is 1. The van der Waals surface area contributed by atoms with Crippen LogP contribution in [0.2, 0.25) is 0 Å². The molecule has 0 spiro atoms. The molecule has 12 atom stereocenters. The van der Waals surface area contributed by atoms with Crippen LogP contribution in [-0.2, 0) is 117 Å². The Bertz CT molecular complexity index is 5550. The number of H-pyrrole nitrogens is 1. The number of nitrogens with two attached hydrogens (primary N) is 4. The van der Waals surface area contributed by atoms with E-state index in [2.05, 4.69) is 73.8 Å². The van der Waals surface area contributed by atoms with E-state index in [0.717, 1.165) is 56.8 Å². The standard InChI is InChI=1S/C93H117N19O22S2/c1-50(113)49-112(8)89(131)70(43-55-16-15-36-98-47-55)107-83(125)68(45-72(96)117)103-79(121)64(30-32-74(119)120)108-90(132)93(33-37-133-38-34-93)111-85(127)66(42-54-23-26-56-17-12-13-20-58(56)40-54)102-81(123)65(41-53-24-27-60(28-25-53)134-39-35-94)105-88(130)78-92(6,7)136-135-91(4,5)77(100-52(3)115)87(129)106-69(46-73(97)118)84(126)109-75(51(2)114)86(128)104-67(82(124)101-63(80(122)110-78)29-31-71(95)116)44-59-48-99-76-61(21-14-22-62(59)76)57-18-10-9-11-19-57/h9-28,36,40,47-48,51,63-70,75,77-78,99,114H,29-35,37-39,41-46,49,94H2,1-8H3,(H2,95,116)(H2,96,117)(H2,97,118)(H,100,115)(H,101,124)(H,102,123)(H,103,121)(H,104,128)(H,105,130)(H,106,129)(H,107,125)(H,108,132)(H,109,126)(H,110,122)(H,111,127)(H,119,120)/t51-,63+,64+,65+,66+,67+,68+,69+,70+,75+,77-,78-/m1/s1. The van der Waals surface area contributed by atoms with E-state index in [4.69, 9.17) is 32.4 Å². The van der Waals surface area contributed by atoms with Gasteiger partial charge in [-0.2, -0.15) is 0 Å². The number of ether oxygens (including phenoxy) is 2. The Morgan fingerprint density at radius 1 is 0.603 bits per heavy atom. The molecule has 728 valence electrons. The third-order valence-electron chi connectivity index (χ3n) is 22.7. The monoisotopic (exact) mass is 1920 g/mol. The molecule has 2 saturated heterocycles. The fourth-order valence-electron chi connectivity index (χ4n) is 15.5. The van der Waals surface area contributed by atoms with Crippen molar-refractivity contribution in [2.24, 2.45) is 22.9 Å². The smallest absolute Gasteiger partial charge is 0.303 e. The summed E-state index contributed by atoms with van der Waals surface area (Å²) in [5.41, 5.74) is 24.5. The number of carbonyl (C=O) groups is 18. The van der Waals surface area contributed by atoms with E-state index in [9.17, 15) is 67.7 Å². The van der Waals surface area contributed by atoms with Gasteiger partial charge in [0.05, 0.1) is 31.0 Å². The molecule has 4 heterocycles. The molecule has 0 saturated carbocycles. The van der Waals surface area contributed by atoms with Crippen LogP contribution in [0.25, 0.3) is 32.8 Å². The molecule has 7 aromatic rings. The molecule has 2 fully saturated rings. The Labute approximate surface area is 791 Å². The number of carboxylic acids is 1. The highest BCUT2D eigenvalue weighted by Crippen LogP contribution is 2.47. The molecule has 43 heteroatoms. The molecule has 41 nitrogen and oxygen atoms in total. The maximum absolute atomic E-state index is 16.3. The van der Waals surface area contributed by atoms with Crippen LogP contribution in [0.4, 0.5) is 0 Å². The molecule has 0 aliphatic carbocycles. The SMILES string of the molecule is CC(=O)CN(C)C(=O)[C@H](Cc1cccnc1)NC(=O)[C@H](CC(N)=O)NC(=O)[C@H](CCC(=O)O)NC(=O)C1(NC(=O)[C@H](Cc2ccc3ccccc3c2)NC(=O)[C@H](Cc2ccc(OCCN)cc2)NC(=O)[C@H]2NC(=O)[C@H](CCC(N)=O)NC(=O)[C@H](Cc3c[nH]c4c(-c5ccccc5)cccc34)NC(=O)[C@H]([C@@H](C)O)NC(=O)[C@H](CC(N)=O)NC(=O)[C@@H](NC(C)=O)C(C)(C)SSC2(C)C)CCOCC1. The second-order valence-corrected chi connectivity index (χ2v) is 38.0. The number of ketones is 1. The summed E-state index contributed by atoms with van der Waals surface area (Å²) in [5.74, 6) is -19.0.